The van der Waals surface area contributed by atoms with Crippen LogP contribution in [-0.2, 0) is 10.2 Å². The predicted molar refractivity (Wildman–Crippen MR) is 114 cm³/mol. The molecule has 1 saturated carbocycles. The Morgan fingerprint density at radius 1 is 1.31 bits per heavy atom. The molecule has 7 nitrogen and oxygen atoms in total. The zero-order valence-electron chi connectivity index (χ0n) is 17.1. The van der Waals surface area contributed by atoms with Gasteiger partial charge in [0.15, 0.2) is 0 Å². The number of aromatic nitrogens is 1. The van der Waals surface area contributed by atoms with E-state index in [1.54, 1.807) is 6.20 Å². The van der Waals surface area contributed by atoms with E-state index in [0.717, 1.165) is 48.9 Å². The second-order valence-electron chi connectivity index (χ2n) is 8.89. The lowest BCUT2D eigenvalue weighted by Crippen LogP contribution is -2.56. The smallest absolute Gasteiger partial charge is 0.277 e. The highest BCUT2D eigenvalue weighted by molar-refractivity contribution is 7.86. The van der Waals surface area contributed by atoms with Gasteiger partial charge in [-0.3, -0.25) is 4.98 Å². The molecule has 1 aromatic carbocycles. The van der Waals surface area contributed by atoms with Crippen LogP contribution in [0.1, 0.15) is 42.9 Å². The van der Waals surface area contributed by atoms with E-state index in [9.17, 15) is 13.7 Å². The third kappa shape index (κ3) is 3.82. The number of hydrogen-bond donors (Lipinski definition) is 1. The highest BCUT2D eigenvalue weighted by Gasteiger charge is 2.42. The van der Waals surface area contributed by atoms with Crippen molar-refractivity contribution < 1.29 is 8.42 Å². The fraction of sp³-hybridized carbons (Fsp3) is 0.524. The summed E-state index contributed by atoms with van der Waals surface area (Å²) in [5.41, 5.74) is 4.74. The van der Waals surface area contributed by atoms with Gasteiger partial charge in [-0.2, -0.15) is 18.0 Å². The molecule has 0 radical (unpaired) electrons. The number of fused-ring (bicyclic) bond motifs is 1. The minimum atomic E-state index is -3.65. The summed E-state index contributed by atoms with van der Waals surface area (Å²) in [5, 5.41) is 16.0. The maximum absolute atomic E-state index is 11.9. The number of nitrogens with two attached hydrogens (primary N) is 1. The molecule has 0 amide bonds. The summed E-state index contributed by atoms with van der Waals surface area (Å²) in [6.45, 7) is 8.30. The number of benzene rings is 1. The molecule has 0 spiro atoms. The second kappa shape index (κ2) is 6.94. The van der Waals surface area contributed by atoms with Gasteiger partial charge < -0.3 is 4.90 Å². The van der Waals surface area contributed by atoms with Gasteiger partial charge >= 0.3 is 0 Å². The normalized spacial score (nSPS) is 18.7. The number of rotatable bonds is 6. The van der Waals surface area contributed by atoms with E-state index in [-0.39, 0.29) is 11.5 Å². The first-order valence-corrected chi connectivity index (χ1v) is 11.5. The quantitative estimate of drug-likeness (QED) is 0.784. The number of pyridine rings is 1. The summed E-state index contributed by atoms with van der Waals surface area (Å²) < 4.78 is 25.2. The molecule has 2 fully saturated rings. The summed E-state index contributed by atoms with van der Waals surface area (Å²) in [6, 6.07) is 6.53. The van der Waals surface area contributed by atoms with E-state index < -0.39 is 10.2 Å². The van der Waals surface area contributed by atoms with E-state index >= 15 is 0 Å². The Hall–Kier alpha value is -2.21. The fourth-order valence-corrected chi connectivity index (χ4v) is 5.28. The molecule has 8 heteroatoms. The van der Waals surface area contributed by atoms with Crippen LogP contribution in [0.2, 0.25) is 0 Å². The van der Waals surface area contributed by atoms with Gasteiger partial charge in [0.1, 0.15) is 6.07 Å². The van der Waals surface area contributed by atoms with Gasteiger partial charge in [-0.25, -0.2) is 5.14 Å². The standard InChI is InChI=1S/C21H27N5O2S/c1-14-8-18-19(9-15(14)2)24-11-16(10-22)20(18)25-12-21(3,13-25)6-7-26(17-4-5-17)29(23,27)28/h8-9,11,17H,4-7,12-13H2,1-3H3,(H2,23,27,28). The summed E-state index contributed by atoms with van der Waals surface area (Å²) in [6.07, 6.45) is 4.19. The first-order valence-electron chi connectivity index (χ1n) is 9.96. The minimum absolute atomic E-state index is 0.0140. The van der Waals surface area contributed by atoms with Crippen molar-refractivity contribution in [1.29, 1.82) is 5.26 Å². The molecule has 1 aliphatic heterocycles. The van der Waals surface area contributed by atoms with Crippen molar-refractivity contribution in [3.8, 4) is 6.07 Å². The van der Waals surface area contributed by atoms with Crippen molar-refractivity contribution in [2.45, 2.75) is 46.1 Å². The van der Waals surface area contributed by atoms with Crippen molar-refractivity contribution in [1.82, 2.24) is 9.29 Å². The van der Waals surface area contributed by atoms with Crippen molar-refractivity contribution in [3.05, 3.63) is 35.0 Å². The van der Waals surface area contributed by atoms with Gasteiger partial charge in [0.05, 0.1) is 16.8 Å². The Bertz CT molecular complexity index is 1110. The van der Waals surface area contributed by atoms with Crippen LogP contribution < -0.4 is 10.0 Å². The van der Waals surface area contributed by atoms with Gasteiger partial charge in [-0.1, -0.05) is 6.92 Å². The maximum atomic E-state index is 11.9. The summed E-state index contributed by atoms with van der Waals surface area (Å²) in [5.74, 6) is 0. The molecule has 2 heterocycles. The van der Waals surface area contributed by atoms with Gasteiger partial charge in [0.2, 0.25) is 0 Å². The lowest BCUT2D eigenvalue weighted by Gasteiger charge is -2.50. The summed E-state index contributed by atoms with van der Waals surface area (Å²) in [4.78, 5) is 6.69. The maximum Gasteiger partial charge on any atom is 0.277 e. The molecule has 1 aromatic heterocycles. The van der Waals surface area contributed by atoms with Gasteiger partial charge in [0.25, 0.3) is 10.2 Å². The largest absolute Gasteiger partial charge is 0.369 e. The highest BCUT2D eigenvalue weighted by atomic mass is 32.2. The van der Waals surface area contributed by atoms with Crippen molar-refractivity contribution in [2.75, 3.05) is 24.5 Å². The lowest BCUT2D eigenvalue weighted by atomic mass is 9.78. The van der Waals surface area contributed by atoms with E-state index in [2.05, 4.69) is 48.9 Å². The predicted octanol–water partition coefficient (Wildman–Crippen LogP) is 2.61. The Morgan fingerprint density at radius 3 is 2.55 bits per heavy atom. The summed E-state index contributed by atoms with van der Waals surface area (Å²) in [7, 11) is -3.65. The fourth-order valence-electron chi connectivity index (χ4n) is 4.31. The number of anilines is 1. The molecule has 29 heavy (non-hydrogen) atoms. The highest BCUT2D eigenvalue weighted by Crippen LogP contribution is 2.42. The van der Waals surface area contributed by atoms with Crippen LogP contribution in [0.3, 0.4) is 0 Å². The SMILES string of the molecule is Cc1cc2ncc(C#N)c(N3CC(C)(CCN(C4CC4)S(N)(=O)=O)C3)c2cc1C. The Morgan fingerprint density at radius 2 is 1.97 bits per heavy atom. The van der Waals surface area contributed by atoms with Crippen LogP contribution in [0.15, 0.2) is 18.3 Å². The molecule has 0 bridgehead atoms. The molecule has 0 unspecified atom stereocenters. The van der Waals surface area contributed by atoms with Crippen molar-refractivity contribution in [2.24, 2.45) is 10.6 Å². The van der Waals surface area contributed by atoms with E-state index in [0.29, 0.717) is 12.1 Å². The molecule has 4 rings (SSSR count). The van der Waals surface area contributed by atoms with Crippen LogP contribution in [-0.4, -0.2) is 43.4 Å². The van der Waals surface area contributed by atoms with Gasteiger partial charge in [-0.05, 0) is 56.4 Å². The Labute approximate surface area is 172 Å². The third-order valence-corrected chi connectivity index (χ3v) is 7.39. The molecular formula is C21H27N5O2S. The Kier molecular flexibility index (Phi) is 4.80. The molecule has 1 aliphatic carbocycles. The van der Waals surface area contributed by atoms with Crippen LogP contribution in [0.5, 0.6) is 0 Å². The zero-order chi connectivity index (χ0) is 21.0. The number of hydrogen-bond acceptors (Lipinski definition) is 5. The van der Waals surface area contributed by atoms with E-state index in [1.165, 1.54) is 15.4 Å². The zero-order valence-corrected chi connectivity index (χ0v) is 18.0. The van der Waals surface area contributed by atoms with Crippen molar-refractivity contribution in [3.63, 3.8) is 0 Å². The molecule has 0 atom stereocenters. The first kappa shape index (κ1) is 20.1. The molecular weight excluding hydrogens is 386 g/mol. The number of aryl methyl sites for hydroxylation is 2. The van der Waals surface area contributed by atoms with Crippen LogP contribution in [0.25, 0.3) is 10.9 Å². The third-order valence-electron chi connectivity index (χ3n) is 6.25. The van der Waals surface area contributed by atoms with Crippen LogP contribution in [0, 0.1) is 30.6 Å². The topological polar surface area (TPSA) is 103 Å². The van der Waals surface area contributed by atoms with E-state index in [4.69, 9.17) is 5.14 Å². The summed E-state index contributed by atoms with van der Waals surface area (Å²) >= 11 is 0. The van der Waals surface area contributed by atoms with Crippen molar-refractivity contribution >= 4 is 26.8 Å². The molecule has 2 aliphatic rings. The Balaban J connectivity index is 1.55. The van der Waals surface area contributed by atoms with Gasteiger partial charge in [0, 0.05) is 42.7 Å². The number of nitriles is 1. The molecule has 154 valence electrons. The van der Waals surface area contributed by atoms with Crippen LogP contribution >= 0.6 is 0 Å². The first-order chi connectivity index (χ1) is 13.6. The monoisotopic (exact) mass is 413 g/mol. The molecule has 2 N–H and O–H groups in total. The second-order valence-corrected chi connectivity index (χ2v) is 10.4. The number of nitrogens with zero attached hydrogens (tertiary/aromatic N) is 4. The molecule has 1 saturated heterocycles. The average Bonchev–Trinajstić information content (AvgIpc) is 3.43. The average molecular weight is 414 g/mol. The molecule has 2 aromatic rings. The van der Waals surface area contributed by atoms with E-state index in [1.807, 2.05) is 0 Å². The van der Waals surface area contributed by atoms with Crippen LogP contribution in [0.4, 0.5) is 5.69 Å². The lowest BCUT2D eigenvalue weighted by molar-refractivity contribution is 0.202. The minimum Gasteiger partial charge on any atom is -0.369 e. The van der Waals surface area contributed by atoms with Gasteiger partial charge in [-0.15, -0.1) is 0 Å².